The second-order valence-electron chi connectivity index (χ2n) is 6.89. The monoisotopic (exact) mass is 378 g/mol. The number of nitrogens with zero attached hydrogens (tertiary/aromatic N) is 1. The summed E-state index contributed by atoms with van der Waals surface area (Å²) in [6.07, 6.45) is 2.46. The molecule has 3 aromatic rings. The van der Waals surface area contributed by atoms with Crippen LogP contribution in [0.1, 0.15) is 36.4 Å². The third kappa shape index (κ3) is 4.01. The molecular weight excluding hydrogens is 356 g/mol. The molecule has 144 valence electrons. The van der Waals surface area contributed by atoms with Crippen LogP contribution in [0.2, 0.25) is 0 Å². The first-order valence-corrected chi connectivity index (χ1v) is 9.29. The lowest BCUT2D eigenvalue weighted by Crippen LogP contribution is -2.26. The Labute approximate surface area is 163 Å². The summed E-state index contributed by atoms with van der Waals surface area (Å²) in [6.45, 7) is 4.22. The van der Waals surface area contributed by atoms with Gasteiger partial charge in [0.1, 0.15) is 0 Å². The lowest BCUT2D eigenvalue weighted by Gasteiger charge is -2.14. The van der Waals surface area contributed by atoms with Gasteiger partial charge in [0.2, 0.25) is 12.7 Å². The van der Waals surface area contributed by atoms with Crippen LogP contribution in [-0.2, 0) is 11.2 Å². The molecule has 4 rings (SSSR count). The van der Waals surface area contributed by atoms with Crippen LogP contribution in [0.15, 0.2) is 53.1 Å². The van der Waals surface area contributed by atoms with Crippen LogP contribution in [-0.4, -0.2) is 17.7 Å². The van der Waals surface area contributed by atoms with Crippen molar-refractivity contribution in [3.05, 3.63) is 65.7 Å². The highest BCUT2D eigenvalue weighted by Gasteiger charge is 2.17. The highest BCUT2D eigenvalue weighted by atomic mass is 16.7. The number of nitrogens with one attached hydrogen (secondary N) is 1. The number of aryl methyl sites for hydroxylation is 2. The molecule has 0 saturated carbocycles. The van der Waals surface area contributed by atoms with Crippen LogP contribution in [0.3, 0.4) is 0 Å². The first kappa shape index (κ1) is 18.1. The van der Waals surface area contributed by atoms with Crippen LogP contribution >= 0.6 is 0 Å². The average molecular weight is 378 g/mol. The summed E-state index contributed by atoms with van der Waals surface area (Å²) in [5.74, 6) is 2.66. The summed E-state index contributed by atoms with van der Waals surface area (Å²) in [7, 11) is 0. The number of rotatable bonds is 6. The van der Waals surface area contributed by atoms with E-state index in [-0.39, 0.29) is 18.7 Å². The van der Waals surface area contributed by atoms with Gasteiger partial charge in [-0.05, 0) is 31.5 Å². The van der Waals surface area contributed by atoms with Gasteiger partial charge in [-0.3, -0.25) is 4.79 Å². The predicted molar refractivity (Wildman–Crippen MR) is 104 cm³/mol. The van der Waals surface area contributed by atoms with Gasteiger partial charge in [0.05, 0.1) is 12.2 Å². The van der Waals surface area contributed by atoms with Crippen molar-refractivity contribution < 1.29 is 18.7 Å². The van der Waals surface area contributed by atoms with E-state index in [1.807, 2.05) is 56.3 Å². The van der Waals surface area contributed by atoms with E-state index in [4.69, 9.17) is 13.9 Å². The summed E-state index contributed by atoms with van der Waals surface area (Å²) < 4.78 is 16.5. The molecule has 0 bridgehead atoms. The Morgan fingerprint density at radius 3 is 2.75 bits per heavy atom. The molecule has 1 unspecified atom stereocenters. The van der Waals surface area contributed by atoms with E-state index in [0.29, 0.717) is 30.2 Å². The Kier molecular flexibility index (Phi) is 5.02. The molecule has 28 heavy (non-hydrogen) atoms. The van der Waals surface area contributed by atoms with Crippen molar-refractivity contribution in [2.45, 2.75) is 32.7 Å². The van der Waals surface area contributed by atoms with Crippen LogP contribution < -0.4 is 14.8 Å². The molecule has 0 spiro atoms. The van der Waals surface area contributed by atoms with E-state index in [2.05, 4.69) is 10.3 Å². The first-order valence-electron chi connectivity index (χ1n) is 9.29. The molecule has 0 radical (unpaired) electrons. The Morgan fingerprint density at radius 1 is 1.14 bits per heavy atom. The molecule has 6 nitrogen and oxygen atoms in total. The molecule has 1 atom stereocenters. The highest BCUT2D eigenvalue weighted by molar-refractivity contribution is 5.76. The Hall–Kier alpha value is -3.28. The maximum Gasteiger partial charge on any atom is 0.231 e. The fourth-order valence-corrected chi connectivity index (χ4v) is 3.08. The topological polar surface area (TPSA) is 73.6 Å². The molecule has 2 aromatic carbocycles. The van der Waals surface area contributed by atoms with E-state index in [1.54, 1.807) is 6.20 Å². The summed E-state index contributed by atoms with van der Waals surface area (Å²) in [5, 5.41) is 3.00. The van der Waals surface area contributed by atoms with E-state index in [1.165, 1.54) is 5.56 Å². The largest absolute Gasteiger partial charge is 0.454 e. The number of amides is 1. The van der Waals surface area contributed by atoms with E-state index < -0.39 is 0 Å². The number of carbonyl (C=O) groups excluding carboxylic acids is 1. The minimum absolute atomic E-state index is 0.0553. The molecule has 1 aliphatic heterocycles. The zero-order valence-electron chi connectivity index (χ0n) is 15.9. The van der Waals surface area contributed by atoms with Gasteiger partial charge >= 0.3 is 0 Å². The van der Waals surface area contributed by atoms with Crippen molar-refractivity contribution >= 4 is 5.91 Å². The third-order valence-electron chi connectivity index (χ3n) is 4.73. The van der Waals surface area contributed by atoms with Crippen LogP contribution in [0.4, 0.5) is 0 Å². The SMILES string of the molecule is Cc1ccc(-c2cnc(CCC(=O)NC(C)c3ccc4c(c3)OCO4)o2)cc1. The zero-order chi connectivity index (χ0) is 19.5. The van der Waals surface area contributed by atoms with Gasteiger partial charge in [-0.15, -0.1) is 0 Å². The smallest absolute Gasteiger partial charge is 0.231 e. The normalized spacial score (nSPS) is 13.4. The van der Waals surface area contributed by atoms with Crippen LogP contribution in [0.25, 0.3) is 11.3 Å². The lowest BCUT2D eigenvalue weighted by atomic mass is 10.1. The Bertz CT molecular complexity index is 978. The number of benzene rings is 2. The molecule has 0 saturated heterocycles. The van der Waals surface area contributed by atoms with Crippen LogP contribution in [0, 0.1) is 6.92 Å². The average Bonchev–Trinajstić information content (AvgIpc) is 3.35. The fourth-order valence-electron chi connectivity index (χ4n) is 3.08. The number of oxazole rings is 1. The third-order valence-corrected chi connectivity index (χ3v) is 4.73. The molecule has 1 aliphatic rings. The first-order chi connectivity index (χ1) is 13.6. The molecule has 1 amide bonds. The zero-order valence-corrected chi connectivity index (χ0v) is 15.9. The van der Waals surface area contributed by atoms with Crippen molar-refractivity contribution in [2.75, 3.05) is 6.79 Å². The van der Waals surface area contributed by atoms with Gasteiger partial charge in [-0.25, -0.2) is 4.98 Å². The summed E-state index contributed by atoms with van der Waals surface area (Å²) in [4.78, 5) is 16.6. The van der Waals surface area contributed by atoms with Crippen LogP contribution in [0.5, 0.6) is 11.5 Å². The van der Waals surface area contributed by atoms with Gasteiger partial charge in [-0.2, -0.15) is 0 Å². The second kappa shape index (κ2) is 7.76. The fraction of sp³-hybridized carbons (Fsp3) is 0.273. The molecule has 1 aromatic heterocycles. The van der Waals surface area contributed by atoms with Crippen molar-refractivity contribution in [3.8, 4) is 22.8 Å². The quantitative estimate of drug-likeness (QED) is 0.696. The maximum atomic E-state index is 12.3. The van der Waals surface area contributed by atoms with Gasteiger partial charge in [-0.1, -0.05) is 35.9 Å². The number of hydrogen-bond acceptors (Lipinski definition) is 5. The van der Waals surface area contributed by atoms with Crippen molar-refractivity contribution in [1.82, 2.24) is 10.3 Å². The minimum atomic E-state index is -0.130. The van der Waals surface area contributed by atoms with Crippen molar-refractivity contribution in [2.24, 2.45) is 0 Å². The summed E-state index contributed by atoms with van der Waals surface area (Å²) in [5.41, 5.74) is 3.14. The van der Waals surface area contributed by atoms with E-state index in [9.17, 15) is 4.79 Å². The standard InChI is InChI=1S/C22H22N2O4/c1-14-3-5-16(6-4-14)20-12-23-22(28-20)10-9-21(25)24-15(2)17-7-8-18-19(11-17)27-13-26-18/h3-8,11-12,15H,9-10,13H2,1-2H3,(H,24,25). The minimum Gasteiger partial charge on any atom is -0.454 e. The van der Waals surface area contributed by atoms with E-state index >= 15 is 0 Å². The lowest BCUT2D eigenvalue weighted by molar-refractivity contribution is -0.121. The number of aromatic nitrogens is 1. The molecule has 2 heterocycles. The number of fused-ring (bicyclic) bond motifs is 1. The van der Waals surface area contributed by atoms with Gasteiger partial charge < -0.3 is 19.2 Å². The Morgan fingerprint density at radius 2 is 1.93 bits per heavy atom. The number of carbonyl (C=O) groups is 1. The second-order valence-corrected chi connectivity index (χ2v) is 6.89. The van der Waals surface area contributed by atoms with Gasteiger partial charge in [0, 0.05) is 18.4 Å². The molecule has 0 fully saturated rings. The predicted octanol–water partition coefficient (Wildman–Crippen LogP) is 4.19. The highest BCUT2D eigenvalue weighted by Crippen LogP contribution is 2.34. The summed E-state index contributed by atoms with van der Waals surface area (Å²) >= 11 is 0. The van der Waals surface area contributed by atoms with Crippen molar-refractivity contribution in [1.29, 1.82) is 0 Å². The maximum absolute atomic E-state index is 12.3. The van der Waals surface area contributed by atoms with Gasteiger partial charge in [0.25, 0.3) is 0 Å². The van der Waals surface area contributed by atoms with E-state index in [0.717, 1.165) is 16.9 Å². The summed E-state index contributed by atoms with van der Waals surface area (Å²) in [6, 6.07) is 13.6. The molecule has 6 heteroatoms. The number of hydrogen-bond donors (Lipinski definition) is 1. The molecule has 1 N–H and O–H groups in total. The van der Waals surface area contributed by atoms with Gasteiger partial charge in [0.15, 0.2) is 23.1 Å². The Balaban J connectivity index is 1.31. The van der Waals surface area contributed by atoms with Crippen molar-refractivity contribution in [3.63, 3.8) is 0 Å². The number of ether oxygens (including phenoxy) is 2. The molecule has 0 aliphatic carbocycles. The molecular formula is C22H22N2O4.